The van der Waals surface area contributed by atoms with Crippen molar-refractivity contribution in [3.63, 3.8) is 0 Å². The van der Waals surface area contributed by atoms with Crippen molar-refractivity contribution in [1.82, 2.24) is 4.90 Å². The van der Waals surface area contributed by atoms with E-state index in [0.717, 1.165) is 10.0 Å². The van der Waals surface area contributed by atoms with E-state index in [1.807, 2.05) is 6.07 Å². The summed E-state index contributed by atoms with van der Waals surface area (Å²) < 4.78 is 40.0. The van der Waals surface area contributed by atoms with E-state index in [-0.39, 0.29) is 13.0 Å². The molecule has 0 heterocycles. The second kappa shape index (κ2) is 6.72. The van der Waals surface area contributed by atoms with Crippen LogP contribution in [-0.2, 0) is 6.54 Å². The van der Waals surface area contributed by atoms with Crippen LogP contribution in [-0.4, -0.2) is 30.2 Å². The van der Waals surface area contributed by atoms with Gasteiger partial charge in [0, 0.05) is 17.1 Å². The highest BCUT2D eigenvalue weighted by atomic mass is 79.9. The summed E-state index contributed by atoms with van der Waals surface area (Å²) in [5.41, 5.74) is 6.43. The quantitative estimate of drug-likeness (QED) is 0.889. The summed E-state index contributed by atoms with van der Waals surface area (Å²) in [5.74, 6) is 0. The molecule has 0 aliphatic carbocycles. The predicted octanol–water partition coefficient (Wildman–Crippen LogP) is 3.55. The molecule has 0 saturated carbocycles. The third-order valence-electron chi connectivity index (χ3n) is 3.01. The van der Waals surface area contributed by atoms with Gasteiger partial charge in [-0.15, -0.1) is 0 Å². The SMILES string of the molecule is CCC(N)C(N(C)Cc1cccc(Br)c1)C(F)(F)F. The first-order chi connectivity index (χ1) is 8.75. The number of alkyl halides is 3. The fourth-order valence-corrected chi connectivity index (χ4v) is 2.51. The molecule has 0 fully saturated rings. The summed E-state index contributed by atoms with van der Waals surface area (Å²) in [6, 6.07) is 4.69. The van der Waals surface area contributed by atoms with Gasteiger partial charge in [-0.25, -0.2) is 0 Å². The highest BCUT2D eigenvalue weighted by Crippen LogP contribution is 2.28. The first-order valence-electron chi connectivity index (χ1n) is 6.02. The van der Waals surface area contributed by atoms with Crippen LogP contribution in [0.5, 0.6) is 0 Å². The van der Waals surface area contributed by atoms with Crippen molar-refractivity contribution in [2.45, 2.75) is 38.1 Å². The molecule has 6 heteroatoms. The van der Waals surface area contributed by atoms with Gasteiger partial charge in [-0.2, -0.15) is 13.2 Å². The van der Waals surface area contributed by atoms with Crippen LogP contribution in [0.2, 0.25) is 0 Å². The highest BCUT2D eigenvalue weighted by molar-refractivity contribution is 9.10. The zero-order valence-electron chi connectivity index (χ0n) is 10.9. The van der Waals surface area contributed by atoms with Crippen molar-refractivity contribution in [3.8, 4) is 0 Å². The van der Waals surface area contributed by atoms with Gasteiger partial charge in [-0.1, -0.05) is 35.0 Å². The number of hydrogen-bond acceptors (Lipinski definition) is 2. The van der Waals surface area contributed by atoms with Crippen LogP contribution in [0, 0.1) is 0 Å². The van der Waals surface area contributed by atoms with E-state index in [2.05, 4.69) is 15.9 Å². The second-order valence-corrected chi connectivity index (χ2v) is 5.52. The van der Waals surface area contributed by atoms with E-state index < -0.39 is 18.3 Å². The van der Waals surface area contributed by atoms with Crippen molar-refractivity contribution in [3.05, 3.63) is 34.3 Å². The maximum absolute atomic E-state index is 13.1. The average molecular weight is 339 g/mol. The summed E-state index contributed by atoms with van der Waals surface area (Å²) in [6.07, 6.45) is -4.04. The molecule has 1 aromatic rings. The number of hydrogen-bond donors (Lipinski definition) is 1. The minimum atomic E-state index is -4.32. The zero-order valence-corrected chi connectivity index (χ0v) is 12.5. The van der Waals surface area contributed by atoms with E-state index in [1.54, 1.807) is 25.1 Å². The molecule has 0 amide bonds. The van der Waals surface area contributed by atoms with Gasteiger partial charge in [-0.05, 0) is 31.2 Å². The number of nitrogens with two attached hydrogens (primary N) is 1. The minimum Gasteiger partial charge on any atom is -0.326 e. The van der Waals surface area contributed by atoms with Crippen LogP contribution >= 0.6 is 15.9 Å². The third-order valence-corrected chi connectivity index (χ3v) is 3.50. The van der Waals surface area contributed by atoms with Gasteiger partial charge in [0.15, 0.2) is 0 Å². The maximum atomic E-state index is 13.1. The smallest absolute Gasteiger partial charge is 0.326 e. The molecule has 0 aromatic heterocycles. The molecule has 0 spiro atoms. The molecule has 108 valence electrons. The average Bonchev–Trinajstić information content (AvgIpc) is 2.26. The lowest BCUT2D eigenvalue weighted by Crippen LogP contribution is -2.54. The van der Waals surface area contributed by atoms with Crippen LogP contribution in [0.15, 0.2) is 28.7 Å². The van der Waals surface area contributed by atoms with Gasteiger partial charge in [0.05, 0.1) is 0 Å². The molecule has 0 radical (unpaired) electrons. The van der Waals surface area contributed by atoms with Gasteiger partial charge in [0.1, 0.15) is 6.04 Å². The molecule has 1 rings (SSSR count). The number of likely N-dealkylation sites (N-methyl/N-ethyl adjacent to an activating group) is 1. The number of nitrogens with zero attached hydrogens (tertiary/aromatic N) is 1. The van der Waals surface area contributed by atoms with Crippen molar-refractivity contribution in [2.75, 3.05) is 7.05 Å². The summed E-state index contributed by atoms with van der Waals surface area (Å²) in [4.78, 5) is 1.26. The molecule has 2 nitrogen and oxygen atoms in total. The summed E-state index contributed by atoms with van der Waals surface area (Å²) in [7, 11) is 1.45. The Morgan fingerprint density at radius 3 is 2.47 bits per heavy atom. The Kier molecular flexibility index (Phi) is 5.82. The van der Waals surface area contributed by atoms with Crippen molar-refractivity contribution in [1.29, 1.82) is 0 Å². The fraction of sp³-hybridized carbons (Fsp3) is 0.538. The number of rotatable bonds is 5. The minimum absolute atomic E-state index is 0.206. The van der Waals surface area contributed by atoms with E-state index >= 15 is 0 Å². The standard InChI is InChI=1S/C13H18BrF3N2/c1-3-11(18)12(13(15,16)17)19(2)8-9-5-4-6-10(14)7-9/h4-7,11-12H,3,8,18H2,1-2H3. The van der Waals surface area contributed by atoms with E-state index in [9.17, 15) is 13.2 Å². The Labute approximate surface area is 119 Å². The van der Waals surface area contributed by atoms with Gasteiger partial charge < -0.3 is 5.73 Å². The molecular formula is C13H18BrF3N2. The second-order valence-electron chi connectivity index (χ2n) is 4.60. The Morgan fingerprint density at radius 1 is 1.37 bits per heavy atom. The summed E-state index contributed by atoms with van der Waals surface area (Å²) >= 11 is 3.31. The van der Waals surface area contributed by atoms with Crippen molar-refractivity contribution in [2.24, 2.45) is 5.73 Å². The molecule has 1 aromatic carbocycles. The molecule has 0 aliphatic heterocycles. The van der Waals surface area contributed by atoms with Crippen LogP contribution in [0.25, 0.3) is 0 Å². The fourth-order valence-electron chi connectivity index (χ4n) is 2.06. The summed E-state index contributed by atoms with van der Waals surface area (Å²) in [6.45, 7) is 1.87. The molecule has 2 unspecified atom stereocenters. The lowest BCUT2D eigenvalue weighted by atomic mass is 10.0. The Hall–Kier alpha value is -0.590. The summed E-state index contributed by atoms with van der Waals surface area (Å²) in [5, 5.41) is 0. The first kappa shape index (κ1) is 16.5. The first-order valence-corrected chi connectivity index (χ1v) is 6.82. The highest BCUT2D eigenvalue weighted by Gasteiger charge is 2.45. The molecule has 2 N–H and O–H groups in total. The van der Waals surface area contributed by atoms with Gasteiger partial charge in [0.2, 0.25) is 0 Å². The normalized spacial score (nSPS) is 15.6. The molecule has 2 atom stereocenters. The Balaban J connectivity index is 2.86. The van der Waals surface area contributed by atoms with E-state index in [0.29, 0.717) is 0 Å². The Bertz CT molecular complexity index is 409. The van der Waals surface area contributed by atoms with Crippen molar-refractivity contribution >= 4 is 15.9 Å². The van der Waals surface area contributed by atoms with Gasteiger partial charge >= 0.3 is 6.18 Å². The maximum Gasteiger partial charge on any atom is 0.405 e. The molecule has 0 aliphatic rings. The zero-order chi connectivity index (χ0) is 14.6. The van der Waals surface area contributed by atoms with Crippen LogP contribution in [0.4, 0.5) is 13.2 Å². The van der Waals surface area contributed by atoms with E-state index in [4.69, 9.17) is 5.73 Å². The predicted molar refractivity (Wildman–Crippen MR) is 73.7 cm³/mol. The van der Waals surface area contributed by atoms with Crippen LogP contribution < -0.4 is 5.73 Å². The van der Waals surface area contributed by atoms with Crippen LogP contribution in [0.1, 0.15) is 18.9 Å². The van der Waals surface area contributed by atoms with Gasteiger partial charge in [0.25, 0.3) is 0 Å². The van der Waals surface area contributed by atoms with E-state index in [1.165, 1.54) is 11.9 Å². The molecular weight excluding hydrogens is 321 g/mol. The molecule has 19 heavy (non-hydrogen) atoms. The molecule has 0 bridgehead atoms. The lowest BCUT2D eigenvalue weighted by molar-refractivity contribution is -0.187. The third kappa shape index (κ3) is 4.78. The number of benzene rings is 1. The van der Waals surface area contributed by atoms with Gasteiger partial charge in [-0.3, -0.25) is 4.90 Å². The monoisotopic (exact) mass is 338 g/mol. The topological polar surface area (TPSA) is 29.3 Å². The Morgan fingerprint density at radius 2 is 2.00 bits per heavy atom. The van der Waals surface area contributed by atoms with Crippen LogP contribution in [0.3, 0.4) is 0 Å². The number of halogens is 4. The lowest BCUT2D eigenvalue weighted by Gasteiger charge is -2.33. The van der Waals surface area contributed by atoms with Crippen molar-refractivity contribution < 1.29 is 13.2 Å². The largest absolute Gasteiger partial charge is 0.405 e. The molecule has 0 saturated heterocycles.